The highest BCUT2D eigenvalue weighted by atomic mass is 32.1. The third kappa shape index (κ3) is 4.75. The van der Waals surface area contributed by atoms with E-state index in [1.807, 2.05) is 11.9 Å². The predicted molar refractivity (Wildman–Crippen MR) is 86.1 cm³/mol. The lowest BCUT2D eigenvalue weighted by atomic mass is 9.77. The van der Waals surface area contributed by atoms with E-state index in [-0.39, 0.29) is 5.91 Å². The van der Waals surface area contributed by atoms with E-state index >= 15 is 0 Å². The SMILES string of the molecule is CCCC(CCC)(C(=O)N(C)CC(C)CC)C(N)=S. The van der Waals surface area contributed by atoms with Crippen LogP contribution >= 0.6 is 12.2 Å². The Bertz CT molecular complexity index is 299. The highest BCUT2D eigenvalue weighted by Gasteiger charge is 2.41. The van der Waals surface area contributed by atoms with Gasteiger partial charge in [0, 0.05) is 13.6 Å². The second kappa shape index (κ2) is 8.51. The van der Waals surface area contributed by atoms with Crippen molar-refractivity contribution in [1.82, 2.24) is 4.90 Å². The third-order valence-electron chi connectivity index (χ3n) is 3.86. The minimum atomic E-state index is -0.638. The molecule has 0 aliphatic carbocycles. The third-order valence-corrected chi connectivity index (χ3v) is 4.25. The Labute approximate surface area is 123 Å². The maximum Gasteiger partial charge on any atom is 0.235 e. The van der Waals surface area contributed by atoms with Crippen molar-refractivity contribution in [2.45, 2.75) is 59.8 Å². The van der Waals surface area contributed by atoms with Crippen LogP contribution in [0.25, 0.3) is 0 Å². The van der Waals surface area contributed by atoms with E-state index in [1.54, 1.807) is 0 Å². The van der Waals surface area contributed by atoms with E-state index < -0.39 is 5.41 Å². The van der Waals surface area contributed by atoms with E-state index in [2.05, 4.69) is 27.7 Å². The molecule has 0 aromatic carbocycles. The zero-order valence-electron chi connectivity index (χ0n) is 13.2. The molecule has 0 saturated carbocycles. The number of hydrogen-bond donors (Lipinski definition) is 1. The van der Waals surface area contributed by atoms with Gasteiger partial charge in [-0.25, -0.2) is 0 Å². The molecule has 4 heteroatoms. The molecule has 3 nitrogen and oxygen atoms in total. The van der Waals surface area contributed by atoms with E-state index in [0.717, 1.165) is 38.6 Å². The highest BCUT2D eigenvalue weighted by molar-refractivity contribution is 7.80. The maximum atomic E-state index is 12.8. The molecule has 2 N–H and O–H groups in total. The predicted octanol–water partition coefficient (Wildman–Crippen LogP) is 3.36. The summed E-state index contributed by atoms with van der Waals surface area (Å²) in [6.45, 7) is 9.22. The van der Waals surface area contributed by atoms with E-state index in [4.69, 9.17) is 18.0 Å². The second-order valence-corrected chi connectivity index (χ2v) is 6.09. The lowest BCUT2D eigenvalue weighted by Crippen LogP contribution is -2.50. The fraction of sp³-hybridized carbons (Fsp3) is 0.867. The van der Waals surface area contributed by atoms with Crippen LogP contribution in [0.3, 0.4) is 0 Å². The van der Waals surface area contributed by atoms with Crippen molar-refractivity contribution in [2.75, 3.05) is 13.6 Å². The summed E-state index contributed by atoms with van der Waals surface area (Å²) in [5.41, 5.74) is 5.29. The van der Waals surface area contributed by atoms with Gasteiger partial charge in [0.1, 0.15) is 0 Å². The molecule has 0 saturated heterocycles. The number of thiocarbonyl (C=S) groups is 1. The zero-order valence-corrected chi connectivity index (χ0v) is 14.0. The van der Waals surface area contributed by atoms with Crippen LogP contribution in [0.15, 0.2) is 0 Å². The second-order valence-electron chi connectivity index (χ2n) is 5.65. The largest absolute Gasteiger partial charge is 0.392 e. The van der Waals surface area contributed by atoms with Gasteiger partial charge in [-0.15, -0.1) is 0 Å². The minimum absolute atomic E-state index is 0.101. The number of nitrogens with zero attached hydrogens (tertiary/aromatic N) is 1. The lowest BCUT2D eigenvalue weighted by Gasteiger charge is -2.35. The topological polar surface area (TPSA) is 46.3 Å². The van der Waals surface area contributed by atoms with Crippen LogP contribution in [-0.4, -0.2) is 29.4 Å². The van der Waals surface area contributed by atoms with Gasteiger partial charge in [-0.2, -0.15) is 0 Å². The van der Waals surface area contributed by atoms with Crippen LogP contribution in [0.4, 0.5) is 0 Å². The monoisotopic (exact) mass is 286 g/mol. The van der Waals surface area contributed by atoms with Crippen molar-refractivity contribution < 1.29 is 4.79 Å². The molecule has 0 bridgehead atoms. The summed E-state index contributed by atoms with van der Waals surface area (Å²) in [6.07, 6.45) is 4.40. The average molecular weight is 286 g/mol. The molecular formula is C15H30N2OS. The molecule has 0 rings (SSSR count). The fourth-order valence-corrected chi connectivity index (χ4v) is 2.88. The van der Waals surface area contributed by atoms with Gasteiger partial charge in [0.05, 0.1) is 10.4 Å². The Hall–Kier alpha value is -0.640. The van der Waals surface area contributed by atoms with Crippen molar-refractivity contribution in [3.05, 3.63) is 0 Å². The number of amides is 1. The summed E-state index contributed by atoms with van der Waals surface area (Å²) < 4.78 is 0. The fourth-order valence-electron chi connectivity index (χ4n) is 2.59. The zero-order chi connectivity index (χ0) is 15.1. The number of carbonyl (C=O) groups excluding carboxylic acids is 1. The number of nitrogens with two attached hydrogens (primary N) is 1. The molecule has 0 aliphatic heterocycles. The van der Waals surface area contributed by atoms with Crippen molar-refractivity contribution in [3.63, 3.8) is 0 Å². The average Bonchev–Trinajstić information content (AvgIpc) is 2.36. The summed E-state index contributed by atoms with van der Waals surface area (Å²) in [5.74, 6) is 0.602. The van der Waals surface area contributed by atoms with Crippen molar-refractivity contribution in [2.24, 2.45) is 17.1 Å². The lowest BCUT2D eigenvalue weighted by molar-refractivity contribution is -0.138. The van der Waals surface area contributed by atoms with E-state index in [1.165, 1.54) is 0 Å². The Morgan fingerprint density at radius 1 is 1.26 bits per heavy atom. The van der Waals surface area contributed by atoms with Gasteiger partial charge in [0.25, 0.3) is 0 Å². The Morgan fingerprint density at radius 3 is 2.05 bits per heavy atom. The molecule has 0 heterocycles. The molecule has 19 heavy (non-hydrogen) atoms. The normalized spacial score (nSPS) is 13.1. The highest BCUT2D eigenvalue weighted by Crippen LogP contribution is 2.33. The number of rotatable bonds is 9. The Balaban J connectivity index is 5.12. The minimum Gasteiger partial charge on any atom is -0.392 e. The van der Waals surface area contributed by atoms with Crippen LogP contribution < -0.4 is 5.73 Å². The molecule has 0 aromatic heterocycles. The van der Waals surface area contributed by atoms with Crippen LogP contribution in [-0.2, 0) is 4.79 Å². The van der Waals surface area contributed by atoms with Crippen LogP contribution in [0.1, 0.15) is 59.8 Å². The molecule has 0 spiro atoms. The number of carbonyl (C=O) groups is 1. The molecule has 0 radical (unpaired) electrons. The number of hydrogen-bond acceptors (Lipinski definition) is 2. The van der Waals surface area contributed by atoms with Gasteiger partial charge >= 0.3 is 0 Å². The van der Waals surface area contributed by atoms with Crippen LogP contribution in [0, 0.1) is 11.3 Å². The molecule has 1 unspecified atom stereocenters. The van der Waals surface area contributed by atoms with Gasteiger partial charge in [-0.1, -0.05) is 59.2 Å². The van der Waals surface area contributed by atoms with Crippen molar-refractivity contribution in [3.8, 4) is 0 Å². The molecule has 112 valence electrons. The van der Waals surface area contributed by atoms with Gasteiger partial charge in [0.2, 0.25) is 5.91 Å². The van der Waals surface area contributed by atoms with Crippen LogP contribution in [0.2, 0.25) is 0 Å². The smallest absolute Gasteiger partial charge is 0.235 e. The van der Waals surface area contributed by atoms with E-state index in [0.29, 0.717) is 10.9 Å². The van der Waals surface area contributed by atoms with Gasteiger partial charge in [0.15, 0.2) is 0 Å². The molecule has 0 aromatic rings. The Morgan fingerprint density at radius 2 is 1.74 bits per heavy atom. The van der Waals surface area contributed by atoms with Gasteiger partial charge < -0.3 is 10.6 Å². The maximum absolute atomic E-state index is 12.8. The first-order valence-corrected chi connectivity index (χ1v) is 7.81. The summed E-state index contributed by atoms with van der Waals surface area (Å²) in [7, 11) is 1.87. The first-order valence-electron chi connectivity index (χ1n) is 7.41. The summed E-state index contributed by atoms with van der Waals surface area (Å²) >= 11 is 5.23. The molecule has 1 atom stereocenters. The summed E-state index contributed by atoms with van der Waals surface area (Å²) in [4.78, 5) is 15.0. The van der Waals surface area contributed by atoms with Crippen molar-refractivity contribution >= 4 is 23.1 Å². The van der Waals surface area contributed by atoms with Gasteiger partial charge in [-0.3, -0.25) is 4.79 Å². The first-order chi connectivity index (χ1) is 8.85. The van der Waals surface area contributed by atoms with E-state index in [9.17, 15) is 4.79 Å². The van der Waals surface area contributed by atoms with Gasteiger partial charge in [-0.05, 0) is 18.8 Å². The first kappa shape index (κ1) is 18.4. The standard InChI is InChI=1S/C15H30N2OS/c1-6-9-15(10-7-2,13(16)19)14(18)17(5)11-12(4)8-3/h12H,6-11H2,1-5H3,(H2,16,19). The van der Waals surface area contributed by atoms with Crippen molar-refractivity contribution in [1.29, 1.82) is 0 Å². The molecule has 1 amide bonds. The molecule has 0 aliphatic rings. The summed E-state index contributed by atoms with van der Waals surface area (Å²) in [5, 5.41) is 0. The summed E-state index contributed by atoms with van der Waals surface area (Å²) in [6, 6.07) is 0. The Kier molecular flexibility index (Phi) is 8.23. The molecular weight excluding hydrogens is 256 g/mol. The van der Waals surface area contributed by atoms with Crippen LogP contribution in [0.5, 0.6) is 0 Å². The quantitative estimate of drug-likeness (QED) is 0.661. The molecule has 0 fully saturated rings.